The van der Waals surface area contributed by atoms with Gasteiger partial charge in [0.25, 0.3) is 0 Å². The zero-order valence-electron chi connectivity index (χ0n) is 17.1. The normalized spacial score (nSPS) is 10.6. The summed E-state index contributed by atoms with van der Waals surface area (Å²) in [5.41, 5.74) is 5.16. The highest BCUT2D eigenvalue weighted by molar-refractivity contribution is 7.71. The number of H-pyrrole nitrogens is 1. The zero-order chi connectivity index (χ0) is 21.6. The van der Waals surface area contributed by atoms with E-state index in [0.717, 1.165) is 16.0 Å². The number of nitrogens with zero attached hydrogens (tertiary/aromatic N) is 2. The van der Waals surface area contributed by atoms with Crippen molar-refractivity contribution >= 4 is 23.6 Å². The molecule has 0 radical (unpaired) electrons. The van der Waals surface area contributed by atoms with E-state index in [1.165, 1.54) is 0 Å². The van der Waals surface area contributed by atoms with Crippen LogP contribution in [0.2, 0.25) is 0 Å². The molecule has 2 heterocycles. The molecule has 0 fully saturated rings. The minimum absolute atomic E-state index is 0.462. The quantitative estimate of drug-likeness (QED) is 0.347. The number of aromatic nitrogens is 3. The molecule has 0 bridgehead atoms. The number of aromatic amines is 1. The van der Waals surface area contributed by atoms with Crippen LogP contribution in [0.15, 0.2) is 60.0 Å². The van der Waals surface area contributed by atoms with Crippen LogP contribution in [0.1, 0.15) is 10.4 Å². The van der Waals surface area contributed by atoms with Crippen LogP contribution in [0, 0.1) is 4.77 Å². The molecule has 2 aromatic carbocycles. The van der Waals surface area contributed by atoms with Crippen molar-refractivity contribution in [3.8, 4) is 28.6 Å². The van der Waals surface area contributed by atoms with Gasteiger partial charge in [-0.2, -0.15) is 5.10 Å². The second-order valence-electron chi connectivity index (χ2n) is 6.58. The lowest BCUT2D eigenvalue weighted by atomic mass is 10.2. The highest BCUT2D eigenvalue weighted by Crippen LogP contribution is 2.30. The third kappa shape index (κ3) is 4.73. The van der Waals surface area contributed by atoms with Crippen molar-refractivity contribution in [2.45, 2.75) is 13.2 Å². The number of hydrogen-bond donors (Lipinski definition) is 2. The molecule has 9 heteroatoms. The molecule has 2 N–H and O–H groups in total. The number of methoxy groups -OCH3 is 2. The summed E-state index contributed by atoms with van der Waals surface area (Å²) in [5.74, 6) is 2.74. The predicted octanol–water partition coefficient (Wildman–Crippen LogP) is 5.01. The van der Waals surface area contributed by atoms with Crippen molar-refractivity contribution in [3.05, 3.63) is 75.2 Å². The lowest BCUT2D eigenvalue weighted by Gasteiger charge is -2.14. The first-order chi connectivity index (χ1) is 15.2. The summed E-state index contributed by atoms with van der Waals surface area (Å²) in [7, 11) is 3.27. The summed E-state index contributed by atoms with van der Waals surface area (Å²) in [6, 6.07) is 17.6. The van der Waals surface area contributed by atoms with Gasteiger partial charge in [0, 0.05) is 4.88 Å². The Labute approximate surface area is 189 Å². The van der Waals surface area contributed by atoms with E-state index in [0.29, 0.717) is 41.0 Å². The third-order valence-corrected chi connectivity index (χ3v) is 5.76. The second kappa shape index (κ2) is 9.67. The summed E-state index contributed by atoms with van der Waals surface area (Å²) < 4.78 is 19.1. The standard InChI is InChI=1S/C22H22N4O3S2/c1-27-18-8-4-3-7-17(18)21-24-25-22(30)26(21)23-13-15-9-10-19(20(12-15)28-2)29-14-16-6-5-11-31-16/h3-12,23H,13-14H2,1-2H3,(H,25,30). The number of para-hydroxylation sites is 1. The number of nitrogens with one attached hydrogen (secondary N) is 2. The fraction of sp³-hybridized carbons (Fsp3) is 0.182. The van der Waals surface area contributed by atoms with E-state index in [2.05, 4.69) is 15.6 Å². The molecule has 7 nitrogen and oxygen atoms in total. The highest BCUT2D eigenvalue weighted by Gasteiger charge is 2.14. The maximum absolute atomic E-state index is 5.91. The Morgan fingerprint density at radius 1 is 1.03 bits per heavy atom. The fourth-order valence-corrected chi connectivity index (χ4v) is 3.92. The Hall–Kier alpha value is -3.30. The molecular weight excluding hydrogens is 432 g/mol. The second-order valence-corrected chi connectivity index (χ2v) is 8.00. The predicted molar refractivity (Wildman–Crippen MR) is 124 cm³/mol. The molecule has 4 aromatic rings. The average molecular weight is 455 g/mol. The topological polar surface area (TPSA) is 73.3 Å². The van der Waals surface area contributed by atoms with Gasteiger partial charge < -0.3 is 19.6 Å². The molecule has 0 aliphatic heterocycles. The molecule has 0 amide bonds. The Balaban J connectivity index is 1.51. The van der Waals surface area contributed by atoms with Crippen molar-refractivity contribution in [2.75, 3.05) is 19.6 Å². The first-order valence-corrected chi connectivity index (χ1v) is 10.8. The smallest absolute Gasteiger partial charge is 0.214 e. The van der Waals surface area contributed by atoms with Crippen LogP contribution in [0.25, 0.3) is 11.4 Å². The number of rotatable bonds is 9. The van der Waals surface area contributed by atoms with E-state index in [9.17, 15) is 0 Å². The van der Waals surface area contributed by atoms with Crippen molar-refractivity contribution in [2.24, 2.45) is 0 Å². The Kier molecular flexibility index (Phi) is 6.54. The summed E-state index contributed by atoms with van der Waals surface area (Å²) >= 11 is 7.07. The summed E-state index contributed by atoms with van der Waals surface area (Å²) in [4.78, 5) is 1.16. The van der Waals surface area contributed by atoms with Gasteiger partial charge in [0.2, 0.25) is 4.77 Å². The SMILES string of the molecule is COc1cc(CNn2c(-c3ccccc3OC)n[nH]c2=S)ccc1OCc1cccs1. The van der Waals surface area contributed by atoms with E-state index >= 15 is 0 Å². The molecule has 160 valence electrons. The third-order valence-electron chi connectivity index (χ3n) is 4.64. The molecule has 0 saturated heterocycles. The van der Waals surface area contributed by atoms with Crippen LogP contribution >= 0.6 is 23.6 Å². The molecule has 0 spiro atoms. The van der Waals surface area contributed by atoms with Crippen LogP contribution in [0.4, 0.5) is 0 Å². The van der Waals surface area contributed by atoms with E-state index in [1.807, 2.05) is 60.0 Å². The van der Waals surface area contributed by atoms with Crippen molar-refractivity contribution in [1.82, 2.24) is 14.9 Å². The van der Waals surface area contributed by atoms with Gasteiger partial charge in [-0.05, 0) is 53.5 Å². The van der Waals surface area contributed by atoms with Crippen LogP contribution in [0.3, 0.4) is 0 Å². The maximum atomic E-state index is 5.91. The van der Waals surface area contributed by atoms with Crippen LogP contribution in [0.5, 0.6) is 17.2 Å². The lowest BCUT2D eigenvalue weighted by Crippen LogP contribution is -2.16. The van der Waals surface area contributed by atoms with E-state index < -0.39 is 0 Å². The van der Waals surface area contributed by atoms with E-state index in [-0.39, 0.29) is 0 Å². The number of hydrogen-bond acceptors (Lipinski definition) is 7. The van der Waals surface area contributed by atoms with Crippen LogP contribution in [-0.4, -0.2) is 29.1 Å². The zero-order valence-corrected chi connectivity index (χ0v) is 18.8. The van der Waals surface area contributed by atoms with Gasteiger partial charge in [0.1, 0.15) is 12.4 Å². The summed E-state index contributed by atoms with van der Waals surface area (Å²) in [6.45, 7) is 1.02. The Morgan fingerprint density at radius 2 is 1.87 bits per heavy atom. The molecule has 0 aliphatic carbocycles. The maximum Gasteiger partial charge on any atom is 0.214 e. The minimum atomic E-state index is 0.462. The molecule has 0 unspecified atom stereocenters. The van der Waals surface area contributed by atoms with Gasteiger partial charge in [-0.1, -0.05) is 24.3 Å². The molecule has 0 aliphatic rings. The molecule has 31 heavy (non-hydrogen) atoms. The molecule has 2 aromatic heterocycles. The van der Waals surface area contributed by atoms with Gasteiger partial charge in [0.05, 0.1) is 26.3 Å². The van der Waals surface area contributed by atoms with Crippen molar-refractivity contribution in [3.63, 3.8) is 0 Å². The Morgan fingerprint density at radius 3 is 2.65 bits per heavy atom. The number of ether oxygens (including phenoxy) is 3. The summed E-state index contributed by atoms with van der Waals surface area (Å²) in [5, 5.41) is 9.23. The summed E-state index contributed by atoms with van der Waals surface area (Å²) in [6.07, 6.45) is 0. The van der Waals surface area contributed by atoms with Gasteiger partial charge in [-0.3, -0.25) is 0 Å². The van der Waals surface area contributed by atoms with Crippen molar-refractivity contribution < 1.29 is 14.2 Å². The van der Waals surface area contributed by atoms with Gasteiger partial charge in [0.15, 0.2) is 17.3 Å². The first-order valence-electron chi connectivity index (χ1n) is 9.56. The Bertz CT molecular complexity index is 1200. The number of thiophene rings is 1. The van der Waals surface area contributed by atoms with Crippen LogP contribution < -0.4 is 19.6 Å². The molecule has 0 atom stereocenters. The largest absolute Gasteiger partial charge is 0.496 e. The average Bonchev–Trinajstić information content (AvgIpc) is 3.46. The lowest BCUT2D eigenvalue weighted by molar-refractivity contribution is 0.287. The molecule has 0 saturated carbocycles. The molecular formula is C22H22N4O3S2. The van der Waals surface area contributed by atoms with Gasteiger partial charge >= 0.3 is 0 Å². The van der Waals surface area contributed by atoms with Crippen molar-refractivity contribution in [1.29, 1.82) is 0 Å². The highest BCUT2D eigenvalue weighted by atomic mass is 32.1. The molecule has 4 rings (SSSR count). The fourth-order valence-electron chi connectivity index (χ4n) is 3.11. The van der Waals surface area contributed by atoms with E-state index in [4.69, 9.17) is 26.4 Å². The van der Waals surface area contributed by atoms with Gasteiger partial charge in [-0.15, -0.1) is 11.3 Å². The first kappa shape index (κ1) is 21.0. The number of benzene rings is 2. The monoisotopic (exact) mass is 454 g/mol. The van der Waals surface area contributed by atoms with E-state index in [1.54, 1.807) is 30.2 Å². The minimum Gasteiger partial charge on any atom is -0.496 e. The van der Waals surface area contributed by atoms with Crippen LogP contribution in [-0.2, 0) is 13.2 Å². The van der Waals surface area contributed by atoms with Gasteiger partial charge in [-0.25, -0.2) is 9.77 Å².